The zero-order valence-electron chi connectivity index (χ0n) is 13.2. The van der Waals surface area contributed by atoms with Crippen LogP contribution in [0.1, 0.15) is 60.3 Å². The summed E-state index contributed by atoms with van der Waals surface area (Å²) in [5.74, 6) is 3.12. The molecular weight excluding hydrogens is 286 g/mol. The Morgan fingerprint density at radius 2 is 2.17 bits per heavy atom. The smallest absolute Gasteiger partial charge is 0.155 e. The lowest BCUT2D eigenvalue weighted by atomic mass is 9.97. The van der Waals surface area contributed by atoms with Crippen molar-refractivity contribution in [2.75, 3.05) is 13.1 Å². The van der Waals surface area contributed by atoms with E-state index in [0.29, 0.717) is 11.8 Å². The summed E-state index contributed by atoms with van der Waals surface area (Å²) in [5.41, 5.74) is 1.94. The van der Waals surface area contributed by atoms with Crippen LogP contribution < -0.4 is 0 Å². The number of benzene rings is 1. The lowest BCUT2D eigenvalue weighted by Crippen LogP contribution is -2.34. The Bertz CT molecular complexity index is 725. The van der Waals surface area contributed by atoms with Gasteiger partial charge in [0.2, 0.25) is 0 Å². The zero-order chi connectivity index (χ0) is 15.6. The van der Waals surface area contributed by atoms with E-state index in [0.717, 1.165) is 43.3 Å². The first-order valence-corrected chi connectivity index (χ1v) is 8.45. The summed E-state index contributed by atoms with van der Waals surface area (Å²) < 4.78 is 0. The Morgan fingerprint density at radius 1 is 1.26 bits per heavy atom. The number of hydrogen-bond acceptors (Lipinski definition) is 4. The fraction of sp³-hybridized carbons (Fsp3) is 0.500. The molecule has 2 aromatic rings. The fourth-order valence-electron chi connectivity index (χ4n) is 3.42. The van der Waals surface area contributed by atoms with Crippen molar-refractivity contribution in [2.45, 2.75) is 44.1 Å². The van der Waals surface area contributed by atoms with Gasteiger partial charge in [0.1, 0.15) is 5.82 Å². The van der Waals surface area contributed by atoms with Crippen molar-refractivity contribution in [3.05, 3.63) is 47.0 Å². The largest absolute Gasteiger partial charge is 0.298 e. The molecule has 118 valence electrons. The summed E-state index contributed by atoms with van der Waals surface area (Å²) in [4.78, 5) is 7.18. The van der Waals surface area contributed by atoms with E-state index in [1.807, 2.05) is 18.2 Å². The van der Waals surface area contributed by atoms with Crippen LogP contribution in [0.15, 0.2) is 24.3 Å². The van der Waals surface area contributed by atoms with Crippen LogP contribution >= 0.6 is 0 Å². The molecule has 1 aromatic heterocycles. The maximum Gasteiger partial charge on any atom is 0.155 e. The first kappa shape index (κ1) is 14.4. The topological polar surface area (TPSA) is 68.6 Å². The quantitative estimate of drug-likeness (QED) is 0.943. The van der Waals surface area contributed by atoms with Crippen LogP contribution in [0.3, 0.4) is 0 Å². The van der Waals surface area contributed by atoms with Crippen molar-refractivity contribution in [1.29, 1.82) is 5.26 Å². The molecule has 5 nitrogen and oxygen atoms in total. The number of hydrogen-bond donors (Lipinski definition) is 1. The molecule has 1 N–H and O–H groups in total. The molecule has 1 saturated carbocycles. The summed E-state index contributed by atoms with van der Waals surface area (Å²) in [6, 6.07) is 10.1. The molecule has 5 heteroatoms. The molecule has 2 fully saturated rings. The average molecular weight is 307 g/mol. The standard InChI is InChI=1S/C18H21N5/c19-10-13-3-1-4-14(9-13)11-23-8-2-5-16(12-23)18-20-17(21-22-18)15-6-7-15/h1,3-4,9,15-16H,2,5-8,11-12H2,(H,20,21,22). The second-order valence-corrected chi connectivity index (χ2v) is 6.74. The normalized spacial score (nSPS) is 22.0. The highest BCUT2D eigenvalue weighted by Gasteiger charge is 2.30. The molecule has 23 heavy (non-hydrogen) atoms. The van der Waals surface area contributed by atoms with E-state index in [1.54, 1.807) is 0 Å². The molecule has 0 radical (unpaired) electrons. The van der Waals surface area contributed by atoms with E-state index in [9.17, 15) is 0 Å². The Hall–Kier alpha value is -2.19. The van der Waals surface area contributed by atoms with Gasteiger partial charge in [-0.3, -0.25) is 10.00 Å². The Labute approximate surface area is 136 Å². The van der Waals surface area contributed by atoms with E-state index < -0.39 is 0 Å². The minimum atomic E-state index is 0.423. The van der Waals surface area contributed by atoms with Crippen molar-refractivity contribution in [3.8, 4) is 6.07 Å². The molecule has 2 heterocycles. The molecule has 4 rings (SSSR count). The van der Waals surface area contributed by atoms with Gasteiger partial charge in [0.15, 0.2) is 5.82 Å². The van der Waals surface area contributed by atoms with Crippen LogP contribution in [0.2, 0.25) is 0 Å². The first-order chi connectivity index (χ1) is 11.3. The van der Waals surface area contributed by atoms with Gasteiger partial charge in [0.05, 0.1) is 11.6 Å². The molecule has 1 aliphatic heterocycles. The maximum atomic E-state index is 9.03. The van der Waals surface area contributed by atoms with Crippen LogP contribution in [-0.4, -0.2) is 33.2 Å². The van der Waals surface area contributed by atoms with Gasteiger partial charge < -0.3 is 0 Å². The predicted octanol–water partition coefficient (Wildman–Crippen LogP) is 2.93. The number of aromatic nitrogens is 3. The number of nitriles is 1. The summed E-state index contributed by atoms with van der Waals surface area (Å²) in [7, 11) is 0. The highest BCUT2D eigenvalue weighted by atomic mass is 15.2. The van der Waals surface area contributed by atoms with Crippen molar-refractivity contribution in [1.82, 2.24) is 20.1 Å². The summed E-state index contributed by atoms with van der Waals surface area (Å²) >= 11 is 0. The van der Waals surface area contributed by atoms with Gasteiger partial charge in [-0.05, 0) is 49.9 Å². The number of piperidine rings is 1. The lowest BCUT2D eigenvalue weighted by molar-refractivity contribution is 0.196. The van der Waals surface area contributed by atoms with Crippen LogP contribution in [0.4, 0.5) is 0 Å². The molecule has 1 aliphatic carbocycles. The summed E-state index contributed by atoms with van der Waals surface area (Å²) in [6.45, 7) is 3.00. The molecular formula is C18H21N5. The second kappa shape index (κ2) is 6.13. The highest BCUT2D eigenvalue weighted by molar-refractivity contribution is 5.32. The average Bonchev–Trinajstić information content (AvgIpc) is 3.32. The third-order valence-electron chi connectivity index (χ3n) is 4.82. The number of aromatic amines is 1. The molecule has 0 amide bonds. The Balaban J connectivity index is 1.42. The number of rotatable bonds is 4. The van der Waals surface area contributed by atoms with Gasteiger partial charge in [-0.2, -0.15) is 10.4 Å². The maximum absolute atomic E-state index is 9.03. The molecule has 2 aliphatic rings. The van der Waals surface area contributed by atoms with Crippen molar-refractivity contribution >= 4 is 0 Å². The zero-order valence-corrected chi connectivity index (χ0v) is 13.2. The van der Waals surface area contributed by atoms with Crippen LogP contribution in [0.25, 0.3) is 0 Å². The van der Waals surface area contributed by atoms with Gasteiger partial charge in [-0.15, -0.1) is 0 Å². The van der Waals surface area contributed by atoms with Crippen LogP contribution in [0.5, 0.6) is 0 Å². The Kier molecular flexibility index (Phi) is 3.84. The summed E-state index contributed by atoms with van der Waals surface area (Å²) in [5, 5.41) is 16.6. The van der Waals surface area contributed by atoms with Crippen molar-refractivity contribution < 1.29 is 0 Å². The van der Waals surface area contributed by atoms with Gasteiger partial charge in [-0.25, -0.2) is 4.98 Å². The van der Waals surface area contributed by atoms with Gasteiger partial charge in [0, 0.05) is 24.9 Å². The van der Waals surface area contributed by atoms with Crippen molar-refractivity contribution in [2.24, 2.45) is 0 Å². The van der Waals surface area contributed by atoms with Gasteiger partial charge in [-0.1, -0.05) is 12.1 Å². The fourth-order valence-corrected chi connectivity index (χ4v) is 3.42. The second-order valence-electron chi connectivity index (χ2n) is 6.74. The monoisotopic (exact) mass is 307 g/mol. The number of likely N-dealkylation sites (tertiary alicyclic amines) is 1. The predicted molar refractivity (Wildman–Crippen MR) is 86.8 cm³/mol. The van der Waals surface area contributed by atoms with Crippen LogP contribution in [0, 0.1) is 11.3 Å². The summed E-state index contributed by atoms with van der Waals surface area (Å²) in [6.07, 6.45) is 4.84. The number of nitrogens with one attached hydrogen (secondary N) is 1. The SMILES string of the molecule is N#Cc1cccc(CN2CCCC(c3n[nH]c(C4CC4)n3)C2)c1. The Morgan fingerprint density at radius 3 is 3.00 bits per heavy atom. The van der Waals surface area contributed by atoms with Gasteiger partial charge in [0.25, 0.3) is 0 Å². The minimum Gasteiger partial charge on any atom is -0.298 e. The minimum absolute atomic E-state index is 0.423. The molecule has 1 aromatic carbocycles. The molecule has 0 spiro atoms. The van der Waals surface area contributed by atoms with Gasteiger partial charge >= 0.3 is 0 Å². The number of nitrogens with zero attached hydrogens (tertiary/aromatic N) is 4. The third kappa shape index (κ3) is 3.27. The first-order valence-electron chi connectivity index (χ1n) is 8.45. The highest BCUT2D eigenvalue weighted by Crippen LogP contribution is 2.38. The molecule has 1 saturated heterocycles. The van der Waals surface area contributed by atoms with E-state index in [4.69, 9.17) is 10.2 Å². The third-order valence-corrected chi connectivity index (χ3v) is 4.82. The van der Waals surface area contributed by atoms with Crippen molar-refractivity contribution in [3.63, 3.8) is 0 Å². The van der Waals surface area contributed by atoms with E-state index >= 15 is 0 Å². The van der Waals surface area contributed by atoms with E-state index in [2.05, 4.69) is 27.2 Å². The van der Waals surface area contributed by atoms with E-state index in [-0.39, 0.29) is 0 Å². The molecule has 1 atom stereocenters. The lowest BCUT2D eigenvalue weighted by Gasteiger charge is -2.31. The molecule has 1 unspecified atom stereocenters. The van der Waals surface area contributed by atoms with E-state index in [1.165, 1.54) is 24.8 Å². The van der Waals surface area contributed by atoms with Crippen LogP contribution in [-0.2, 0) is 6.54 Å². The number of H-pyrrole nitrogens is 1. The molecule has 0 bridgehead atoms.